The van der Waals surface area contributed by atoms with Crippen LogP contribution in [0.2, 0.25) is 0 Å². The van der Waals surface area contributed by atoms with E-state index in [0.717, 1.165) is 0 Å². The first-order valence-corrected chi connectivity index (χ1v) is 8.35. The van der Waals surface area contributed by atoms with E-state index >= 15 is 0 Å². The monoisotopic (exact) mass is 358 g/mol. The number of anilines is 1. The summed E-state index contributed by atoms with van der Waals surface area (Å²) in [4.78, 5) is 21.1. The molecule has 8 heteroatoms. The summed E-state index contributed by atoms with van der Waals surface area (Å²) in [5.74, 6) is -1.20. The lowest BCUT2D eigenvalue weighted by Gasteiger charge is -2.26. The average molecular weight is 358 g/mol. The molecule has 1 saturated heterocycles. The van der Waals surface area contributed by atoms with Crippen molar-refractivity contribution in [1.82, 2.24) is 14.9 Å². The number of nitrogens with one attached hydrogen (secondary N) is 1. The molecule has 1 fully saturated rings. The van der Waals surface area contributed by atoms with Crippen LogP contribution in [-0.4, -0.2) is 39.9 Å². The van der Waals surface area contributed by atoms with E-state index in [2.05, 4.69) is 15.3 Å². The molecule has 1 aliphatic rings. The van der Waals surface area contributed by atoms with Crippen LogP contribution in [0.1, 0.15) is 58.5 Å². The molecule has 5 nitrogen and oxygen atoms in total. The van der Waals surface area contributed by atoms with Gasteiger partial charge in [-0.05, 0) is 11.3 Å². The number of aromatic nitrogens is 2. The summed E-state index contributed by atoms with van der Waals surface area (Å²) in [5.41, 5.74) is 0.286. The molecule has 140 valence electrons. The highest BCUT2D eigenvalue weighted by Gasteiger charge is 2.36. The fourth-order valence-corrected chi connectivity index (χ4v) is 2.77. The highest BCUT2D eigenvalue weighted by Crippen LogP contribution is 2.29. The zero-order valence-electron chi connectivity index (χ0n) is 15.2. The summed E-state index contributed by atoms with van der Waals surface area (Å²) in [6, 6.07) is 1.27. The second-order valence-corrected chi connectivity index (χ2v) is 8.03. The van der Waals surface area contributed by atoms with Crippen molar-refractivity contribution in [2.24, 2.45) is 5.41 Å². The zero-order chi connectivity index (χ0) is 19.0. The minimum absolute atomic E-state index is 0.00149. The molecule has 1 aromatic heterocycles. The molecule has 25 heavy (non-hydrogen) atoms. The molecule has 2 rings (SSSR count). The Balaban J connectivity index is 2.17. The number of carbonyl (C=O) groups excluding carboxylic acids is 1. The van der Waals surface area contributed by atoms with Crippen molar-refractivity contribution < 1.29 is 18.0 Å². The molecule has 0 bridgehead atoms. The van der Waals surface area contributed by atoms with Crippen molar-refractivity contribution in [2.75, 3.05) is 18.4 Å². The zero-order valence-corrected chi connectivity index (χ0v) is 15.2. The standard InChI is InChI=1S/C17H25F3N4O/c1-10(2)12-7-13(23-15(22-12)17(18,19)20)21-11-6-14(25)24(8-11)9-16(3,4)5/h7,10-11H,6,8-9H2,1-5H3,(H,21,22,23). The summed E-state index contributed by atoms with van der Waals surface area (Å²) in [5, 5.41) is 2.98. The summed E-state index contributed by atoms with van der Waals surface area (Å²) in [7, 11) is 0. The van der Waals surface area contributed by atoms with Crippen molar-refractivity contribution in [3.8, 4) is 0 Å². The molecule has 1 unspecified atom stereocenters. The van der Waals surface area contributed by atoms with Crippen molar-refractivity contribution in [3.05, 3.63) is 17.6 Å². The topological polar surface area (TPSA) is 58.1 Å². The van der Waals surface area contributed by atoms with E-state index in [9.17, 15) is 18.0 Å². The normalized spacial score (nSPS) is 19.0. The number of nitrogens with zero attached hydrogens (tertiary/aromatic N) is 3. The summed E-state index contributed by atoms with van der Waals surface area (Å²) >= 11 is 0. The highest BCUT2D eigenvalue weighted by molar-refractivity contribution is 5.80. The maximum absolute atomic E-state index is 13.0. The van der Waals surface area contributed by atoms with E-state index in [4.69, 9.17) is 0 Å². The van der Waals surface area contributed by atoms with Gasteiger partial charge in [0.25, 0.3) is 0 Å². The molecule has 0 radical (unpaired) electrons. The Hall–Kier alpha value is -1.86. The maximum atomic E-state index is 13.0. The summed E-state index contributed by atoms with van der Waals surface area (Å²) < 4.78 is 39.1. The Morgan fingerprint density at radius 3 is 2.44 bits per heavy atom. The van der Waals surface area contributed by atoms with Gasteiger partial charge < -0.3 is 10.2 Å². The number of rotatable bonds is 4. The van der Waals surface area contributed by atoms with Crippen molar-refractivity contribution in [3.63, 3.8) is 0 Å². The largest absolute Gasteiger partial charge is 0.451 e. The summed E-state index contributed by atoms with van der Waals surface area (Å²) in [6.07, 6.45) is -4.36. The minimum Gasteiger partial charge on any atom is -0.365 e. The number of likely N-dealkylation sites (tertiary alicyclic amines) is 1. The van der Waals surface area contributed by atoms with E-state index in [0.29, 0.717) is 18.8 Å². The molecular weight excluding hydrogens is 333 g/mol. The van der Waals surface area contributed by atoms with Gasteiger partial charge in [0.2, 0.25) is 11.7 Å². The number of halogens is 3. The first-order valence-electron chi connectivity index (χ1n) is 8.35. The van der Waals surface area contributed by atoms with Gasteiger partial charge in [0.05, 0.1) is 6.04 Å². The van der Waals surface area contributed by atoms with E-state index in [-0.39, 0.29) is 35.5 Å². The van der Waals surface area contributed by atoms with E-state index in [1.165, 1.54) is 6.07 Å². The van der Waals surface area contributed by atoms with Gasteiger partial charge in [-0.15, -0.1) is 0 Å². The molecular formula is C17H25F3N4O. The second-order valence-electron chi connectivity index (χ2n) is 8.03. The lowest BCUT2D eigenvalue weighted by Crippen LogP contribution is -2.35. The number of alkyl halides is 3. The summed E-state index contributed by atoms with van der Waals surface area (Å²) in [6.45, 7) is 10.7. The number of amides is 1. The van der Waals surface area contributed by atoms with Crippen LogP contribution in [0.5, 0.6) is 0 Å². The Labute approximate surface area is 146 Å². The molecule has 1 aliphatic heterocycles. The Bertz CT molecular complexity index is 638. The van der Waals surface area contributed by atoms with Gasteiger partial charge in [-0.3, -0.25) is 4.79 Å². The fourth-order valence-electron chi connectivity index (χ4n) is 2.77. The van der Waals surface area contributed by atoms with Gasteiger partial charge >= 0.3 is 6.18 Å². The maximum Gasteiger partial charge on any atom is 0.451 e. The van der Waals surface area contributed by atoms with Gasteiger partial charge in [-0.25, -0.2) is 9.97 Å². The predicted octanol–water partition coefficient (Wildman–Crippen LogP) is 3.68. The lowest BCUT2D eigenvalue weighted by atomic mass is 9.96. The molecule has 0 aromatic carbocycles. The van der Waals surface area contributed by atoms with E-state index in [1.54, 1.807) is 18.7 Å². The van der Waals surface area contributed by atoms with Crippen LogP contribution in [0.25, 0.3) is 0 Å². The lowest BCUT2D eigenvalue weighted by molar-refractivity contribution is -0.145. The fraction of sp³-hybridized carbons (Fsp3) is 0.706. The third-order valence-corrected chi connectivity index (χ3v) is 3.82. The van der Waals surface area contributed by atoms with Crippen LogP contribution in [-0.2, 0) is 11.0 Å². The Morgan fingerprint density at radius 2 is 1.92 bits per heavy atom. The first-order chi connectivity index (χ1) is 11.3. The highest BCUT2D eigenvalue weighted by atomic mass is 19.4. The van der Waals surface area contributed by atoms with Crippen LogP contribution < -0.4 is 5.32 Å². The third kappa shape index (κ3) is 5.31. The van der Waals surface area contributed by atoms with Gasteiger partial charge in [0, 0.05) is 31.3 Å². The van der Waals surface area contributed by atoms with Crippen LogP contribution in [0.4, 0.5) is 19.0 Å². The van der Waals surface area contributed by atoms with Crippen LogP contribution in [0.15, 0.2) is 6.07 Å². The average Bonchev–Trinajstić information content (AvgIpc) is 2.75. The van der Waals surface area contributed by atoms with Gasteiger partial charge in [-0.1, -0.05) is 34.6 Å². The van der Waals surface area contributed by atoms with Crippen molar-refractivity contribution >= 4 is 11.7 Å². The van der Waals surface area contributed by atoms with Crippen molar-refractivity contribution in [2.45, 2.75) is 59.2 Å². The molecule has 1 N–H and O–H groups in total. The van der Waals surface area contributed by atoms with Crippen LogP contribution in [0, 0.1) is 5.41 Å². The van der Waals surface area contributed by atoms with Crippen molar-refractivity contribution in [1.29, 1.82) is 0 Å². The molecule has 1 aromatic rings. The van der Waals surface area contributed by atoms with E-state index in [1.807, 2.05) is 20.8 Å². The Kier molecular flexibility index (Phi) is 5.30. The number of hydrogen-bond donors (Lipinski definition) is 1. The number of hydrogen-bond acceptors (Lipinski definition) is 4. The molecule has 0 saturated carbocycles. The molecule has 0 spiro atoms. The predicted molar refractivity (Wildman–Crippen MR) is 89.2 cm³/mol. The minimum atomic E-state index is -4.61. The molecule has 2 heterocycles. The SMILES string of the molecule is CC(C)c1cc(NC2CC(=O)N(CC(C)(C)C)C2)nc(C(F)(F)F)n1. The number of carbonyl (C=O) groups is 1. The van der Waals surface area contributed by atoms with Gasteiger partial charge in [0.15, 0.2) is 0 Å². The van der Waals surface area contributed by atoms with Gasteiger partial charge in [0.1, 0.15) is 5.82 Å². The quantitative estimate of drug-likeness (QED) is 0.892. The smallest absolute Gasteiger partial charge is 0.365 e. The second kappa shape index (κ2) is 6.80. The van der Waals surface area contributed by atoms with Crippen LogP contribution >= 0.6 is 0 Å². The van der Waals surface area contributed by atoms with E-state index < -0.39 is 12.0 Å². The Morgan fingerprint density at radius 1 is 1.28 bits per heavy atom. The molecule has 1 amide bonds. The molecule has 0 aliphatic carbocycles. The van der Waals surface area contributed by atoms with Gasteiger partial charge in [-0.2, -0.15) is 13.2 Å². The van der Waals surface area contributed by atoms with Crippen LogP contribution in [0.3, 0.4) is 0 Å². The third-order valence-electron chi connectivity index (χ3n) is 3.82. The molecule has 1 atom stereocenters. The first kappa shape index (κ1) is 19.5.